The van der Waals surface area contributed by atoms with Crippen molar-refractivity contribution < 1.29 is 0 Å². The number of aromatic nitrogens is 3. The van der Waals surface area contributed by atoms with E-state index in [1.54, 1.807) is 11.3 Å². The van der Waals surface area contributed by atoms with Crippen LogP contribution < -0.4 is 5.32 Å². The lowest BCUT2D eigenvalue weighted by Gasteiger charge is -2.03. The summed E-state index contributed by atoms with van der Waals surface area (Å²) in [5, 5.41) is 5.35. The van der Waals surface area contributed by atoms with Crippen molar-refractivity contribution in [3.63, 3.8) is 0 Å². The molecule has 0 saturated carbocycles. The molecule has 0 radical (unpaired) electrons. The normalized spacial score (nSPS) is 10.9. The number of rotatable bonds is 4. The lowest BCUT2D eigenvalue weighted by atomic mass is 10.3. The summed E-state index contributed by atoms with van der Waals surface area (Å²) < 4.78 is 0. The fourth-order valence-corrected chi connectivity index (χ4v) is 2.28. The number of nitrogens with one attached hydrogen (secondary N) is 1. The number of hydrogen-bond donors (Lipinski definition) is 1. The van der Waals surface area contributed by atoms with Crippen LogP contribution in [0.15, 0.2) is 41.4 Å². The second-order valence-electron chi connectivity index (χ2n) is 3.93. The molecular formula is C13H12N4S. The van der Waals surface area contributed by atoms with E-state index in [2.05, 4.69) is 20.3 Å². The second kappa shape index (κ2) is 5.20. The molecule has 1 aromatic carbocycles. The molecular weight excluding hydrogens is 244 g/mol. The molecule has 0 amide bonds. The monoisotopic (exact) mass is 256 g/mol. The van der Waals surface area contributed by atoms with Crippen LogP contribution in [-0.4, -0.2) is 15.0 Å². The Morgan fingerprint density at radius 1 is 1.00 bits per heavy atom. The van der Waals surface area contributed by atoms with E-state index in [0.717, 1.165) is 29.0 Å². The summed E-state index contributed by atoms with van der Waals surface area (Å²) in [6, 6.07) is 7.89. The van der Waals surface area contributed by atoms with Gasteiger partial charge in [0.05, 0.1) is 34.1 Å². The van der Waals surface area contributed by atoms with Gasteiger partial charge in [-0.25, -0.2) is 9.97 Å². The Balaban J connectivity index is 1.67. The molecule has 18 heavy (non-hydrogen) atoms. The highest BCUT2D eigenvalue weighted by molar-refractivity contribution is 7.07. The van der Waals surface area contributed by atoms with Crippen LogP contribution in [0.1, 0.15) is 11.4 Å². The van der Waals surface area contributed by atoms with E-state index in [4.69, 9.17) is 0 Å². The number of para-hydroxylation sites is 2. The summed E-state index contributed by atoms with van der Waals surface area (Å²) in [4.78, 5) is 13.1. The average Bonchev–Trinajstić information content (AvgIpc) is 2.92. The van der Waals surface area contributed by atoms with Crippen LogP contribution in [0.3, 0.4) is 0 Å². The van der Waals surface area contributed by atoms with E-state index in [1.165, 1.54) is 0 Å². The highest BCUT2D eigenvalue weighted by Gasteiger charge is 1.99. The zero-order chi connectivity index (χ0) is 12.2. The van der Waals surface area contributed by atoms with Crippen molar-refractivity contribution in [3.8, 4) is 0 Å². The number of nitrogens with zero attached hydrogens (tertiary/aromatic N) is 3. The molecule has 2 aromatic heterocycles. The van der Waals surface area contributed by atoms with Gasteiger partial charge in [-0.15, -0.1) is 11.3 Å². The molecule has 0 aliphatic heterocycles. The summed E-state index contributed by atoms with van der Waals surface area (Å²) in [6.45, 7) is 1.47. The molecule has 0 aliphatic rings. The summed E-state index contributed by atoms with van der Waals surface area (Å²) >= 11 is 1.61. The fraction of sp³-hybridized carbons (Fsp3) is 0.154. The first-order chi connectivity index (χ1) is 8.92. The van der Waals surface area contributed by atoms with Crippen LogP contribution in [0.2, 0.25) is 0 Å². The predicted octanol–water partition coefficient (Wildman–Crippen LogP) is 2.38. The SMILES string of the molecule is c1ccc2nc(CNCc3cscn3)cnc2c1. The molecule has 2 heterocycles. The lowest BCUT2D eigenvalue weighted by Crippen LogP contribution is -2.14. The van der Waals surface area contributed by atoms with Crippen molar-refractivity contribution in [3.05, 3.63) is 52.7 Å². The van der Waals surface area contributed by atoms with Gasteiger partial charge in [-0.05, 0) is 12.1 Å². The minimum absolute atomic E-state index is 0.704. The second-order valence-corrected chi connectivity index (χ2v) is 4.65. The summed E-state index contributed by atoms with van der Waals surface area (Å²) in [5.41, 5.74) is 5.72. The molecule has 0 saturated heterocycles. The van der Waals surface area contributed by atoms with Gasteiger partial charge in [-0.1, -0.05) is 12.1 Å². The largest absolute Gasteiger partial charge is 0.305 e. The van der Waals surface area contributed by atoms with E-state index in [0.29, 0.717) is 6.54 Å². The topological polar surface area (TPSA) is 50.7 Å². The Morgan fingerprint density at radius 3 is 2.67 bits per heavy atom. The number of thiazole rings is 1. The first kappa shape index (κ1) is 11.3. The quantitative estimate of drug-likeness (QED) is 0.778. The predicted molar refractivity (Wildman–Crippen MR) is 72.2 cm³/mol. The van der Waals surface area contributed by atoms with Gasteiger partial charge < -0.3 is 5.32 Å². The van der Waals surface area contributed by atoms with Gasteiger partial charge in [0.25, 0.3) is 0 Å². The third-order valence-electron chi connectivity index (χ3n) is 2.59. The molecule has 0 spiro atoms. The smallest absolute Gasteiger partial charge is 0.0890 e. The average molecular weight is 256 g/mol. The van der Waals surface area contributed by atoms with Crippen molar-refractivity contribution in [2.75, 3.05) is 0 Å². The van der Waals surface area contributed by atoms with Crippen molar-refractivity contribution in [1.82, 2.24) is 20.3 Å². The zero-order valence-corrected chi connectivity index (χ0v) is 10.5. The van der Waals surface area contributed by atoms with E-state index < -0.39 is 0 Å². The molecule has 0 fully saturated rings. The molecule has 3 aromatic rings. The van der Waals surface area contributed by atoms with Gasteiger partial charge in [0.2, 0.25) is 0 Å². The summed E-state index contributed by atoms with van der Waals surface area (Å²) in [5.74, 6) is 0. The maximum atomic E-state index is 4.55. The van der Waals surface area contributed by atoms with E-state index in [-0.39, 0.29) is 0 Å². The maximum Gasteiger partial charge on any atom is 0.0890 e. The van der Waals surface area contributed by atoms with Crippen LogP contribution in [0.25, 0.3) is 11.0 Å². The van der Waals surface area contributed by atoms with E-state index in [9.17, 15) is 0 Å². The van der Waals surface area contributed by atoms with Crippen LogP contribution >= 0.6 is 11.3 Å². The zero-order valence-electron chi connectivity index (χ0n) is 9.71. The molecule has 4 nitrogen and oxygen atoms in total. The van der Waals surface area contributed by atoms with Crippen LogP contribution in [0.4, 0.5) is 0 Å². The fourth-order valence-electron chi connectivity index (χ4n) is 1.72. The molecule has 0 aliphatic carbocycles. The molecule has 90 valence electrons. The van der Waals surface area contributed by atoms with Gasteiger partial charge >= 0.3 is 0 Å². The lowest BCUT2D eigenvalue weighted by molar-refractivity contribution is 0.670. The standard InChI is InChI=1S/C13H12N4S/c1-2-4-13-12(3-1)15-7-10(17-13)5-14-6-11-8-18-9-16-11/h1-4,7-9,14H,5-6H2. The van der Waals surface area contributed by atoms with Gasteiger partial charge in [0.15, 0.2) is 0 Å². The minimum Gasteiger partial charge on any atom is -0.305 e. The van der Waals surface area contributed by atoms with Crippen molar-refractivity contribution >= 4 is 22.4 Å². The Kier molecular flexibility index (Phi) is 3.25. The summed E-state index contributed by atoms with van der Waals surface area (Å²) in [7, 11) is 0. The maximum absolute atomic E-state index is 4.55. The molecule has 0 unspecified atom stereocenters. The number of fused-ring (bicyclic) bond motifs is 1. The number of hydrogen-bond acceptors (Lipinski definition) is 5. The minimum atomic E-state index is 0.704. The Bertz CT molecular complexity index is 636. The summed E-state index contributed by atoms with van der Waals surface area (Å²) in [6.07, 6.45) is 1.82. The van der Waals surface area contributed by atoms with Crippen LogP contribution in [0.5, 0.6) is 0 Å². The van der Waals surface area contributed by atoms with Gasteiger partial charge in [-0.2, -0.15) is 0 Å². The Morgan fingerprint density at radius 2 is 1.83 bits per heavy atom. The third kappa shape index (κ3) is 2.52. The van der Waals surface area contributed by atoms with E-state index in [1.807, 2.05) is 41.4 Å². The van der Waals surface area contributed by atoms with Crippen LogP contribution in [0, 0.1) is 0 Å². The first-order valence-corrected chi connectivity index (χ1v) is 6.64. The first-order valence-electron chi connectivity index (χ1n) is 5.70. The molecule has 0 atom stereocenters. The molecule has 3 rings (SSSR count). The number of benzene rings is 1. The van der Waals surface area contributed by atoms with Gasteiger partial charge in [-0.3, -0.25) is 4.98 Å². The van der Waals surface area contributed by atoms with Crippen molar-refractivity contribution in [2.45, 2.75) is 13.1 Å². The molecule has 1 N–H and O–H groups in total. The van der Waals surface area contributed by atoms with Crippen LogP contribution in [-0.2, 0) is 13.1 Å². The molecule has 0 bridgehead atoms. The van der Waals surface area contributed by atoms with Crippen molar-refractivity contribution in [2.24, 2.45) is 0 Å². The van der Waals surface area contributed by atoms with Gasteiger partial charge in [0.1, 0.15) is 0 Å². The highest BCUT2D eigenvalue weighted by Crippen LogP contribution is 2.08. The van der Waals surface area contributed by atoms with Crippen molar-refractivity contribution in [1.29, 1.82) is 0 Å². The third-order valence-corrected chi connectivity index (χ3v) is 3.23. The molecule has 5 heteroatoms. The van der Waals surface area contributed by atoms with Gasteiger partial charge in [0, 0.05) is 18.5 Å². The Hall–Kier alpha value is -1.85. The van der Waals surface area contributed by atoms with E-state index >= 15 is 0 Å². The Labute approximate surface area is 109 Å². The highest BCUT2D eigenvalue weighted by atomic mass is 32.1.